The van der Waals surface area contributed by atoms with Crippen LogP contribution in [-0.2, 0) is 9.47 Å². The van der Waals surface area contributed by atoms with E-state index in [-0.39, 0.29) is 11.7 Å². The lowest BCUT2D eigenvalue weighted by Gasteiger charge is -2.27. The molecule has 4 nitrogen and oxygen atoms in total. The Hall–Kier alpha value is -0.770. The number of likely N-dealkylation sites (tertiary alicyclic amines) is 1. The molecule has 0 aromatic carbocycles. The monoisotopic (exact) mass is 459 g/mol. The molecule has 32 heavy (non-hydrogen) atoms. The summed E-state index contributed by atoms with van der Waals surface area (Å²) in [5.41, 5.74) is -0.386. The van der Waals surface area contributed by atoms with Gasteiger partial charge in [0.1, 0.15) is 5.60 Å². The minimum Gasteiger partial charge on any atom is -0.444 e. The van der Waals surface area contributed by atoms with Crippen LogP contribution in [-0.4, -0.2) is 42.9 Å². The normalized spacial score (nSPS) is 18.3. The summed E-state index contributed by atoms with van der Waals surface area (Å²) in [5.74, 6) is 1.54. The molecule has 196 valence electrons. The lowest BCUT2D eigenvalue weighted by molar-refractivity contribution is 0.0225. The van der Waals surface area contributed by atoms with Crippen molar-refractivity contribution in [3.05, 3.63) is 0 Å². The first-order chi connectivity index (χ1) is 14.9. The van der Waals surface area contributed by atoms with E-state index in [2.05, 4.69) is 55.4 Å². The van der Waals surface area contributed by atoms with Crippen LogP contribution in [0.4, 0.5) is 4.79 Å². The molecule has 3 unspecified atom stereocenters. The largest absolute Gasteiger partial charge is 0.444 e. The molecule has 0 aliphatic carbocycles. The molecule has 1 amide bonds. The van der Waals surface area contributed by atoms with Crippen molar-refractivity contribution in [3.63, 3.8) is 0 Å². The van der Waals surface area contributed by atoms with E-state index < -0.39 is 0 Å². The summed E-state index contributed by atoms with van der Waals surface area (Å²) in [6.45, 7) is 25.0. The Morgan fingerprint density at radius 3 is 1.81 bits per heavy atom. The predicted octanol–water partition coefficient (Wildman–Crippen LogP) is 9.11. The van der Waals surface area contributed by atoms with E-state index in [0.717, 1.165) is 31.9 Å². The maximum Gasteiger partial charge on any atom is 0.410 e. The lowest BCUT2D eigenvalue weighted by atomic mass is 10.0. The van der Waals surface area contributed by atoms with Crippen molar-refractivity contribution in [2.75, 3.05) is 20.3 Å². The van der Waals surface area contributed by atoms with Crippen molar-refractivity contribution in [3.8, 4) is 0 Å². The van der Waals surface area contributed by atoms with Crippen molar-refractivity contribution in [1.29, 1.82) is 0 Å². The molecule has 0 N–H and O–H groups in total. The Morgan fingerprint density at radius 2 is 1.53 bits per heavy atom. The number of carbonyl (C=O) groups excluding carboxylic acids is 1. The van der Waals surface area contributed by atoms with Gasteiger partial charge in [-0.05, 0) is 52.4 Å². The number of unbranched alkanes of at least 4 members (excludes halogenated alkanes) is 3. The Morgan fingerprint density at radius 1 is 0.969 bits per heavy atom. The number of ether oxygens (including phenoxy) is 2. The van der Waals surface area contributed by atoms with Crippen molar-refractivity contribution >= 4 is 6.09 Å². The quantitative estimate of drug-likeness (QED) is 0.340. The summed E-state index contributed by atoms with van der Waals surface area (Å²) < 4.78 is 10.0. The Labute approximate surface area is 203 Å². The molecule has 1 fully saturated rings. The summed E-state index contributed by atoms with van der Waals surface area (Å²) in [4.78, 5) is 13.5. The molecule has 1 saturated heterocycles. The third-order valence-electron chi connectivity index (χ3n) is 5.67. The Kier molecular flexibility index (Phi) is 26.2. The highest BCUT2D eigenvalue weighted by Crippen LogP contribution is 2.25. The summed E-state index contributed by atoms with van der Waals surface area (Å²) in [5, 5.41) is 0. The van der Waals surface area contributed by atoms with E-state index >= 15 is 0 Å². The SMILES string of the molecule is CC1CCN(C(=O)OC(C)(C)C)C1C.CCCC.CCCCCC(C)CC.CCCOC. The lowest BCUT2D eigenvalue weighted by Crippen LogP contribution is -2.39. The predicted molar refractivity (Wildman–Crippen MR) is 143 cm³/mol. The highest BCUT2D eigenvalue weighted by atomic mass is 16.6. The topological polar surface area (TPSA) is 38.8 Å². The zero-order valence-corrected chi connectivity index (χ0v) is 24.2. The average Bonchev–Trinajstić information content (AvgIpc) is 3.07. The molecule has 0 saturated carbocycles. The Balaban J connectivity index is -0.000000400. The number of amides is 1. The van der Waals surface area contributed by atoms with Crippen LogP contribution in [0.2, 0.25) is 0 Å². The minimum atomic E-state index is -0.386. The molecule has 0 aromatic rings. The summed E-state index contributed by atoms with van der Waals surface area (Å²) in [6.07, 6.45) is 11.7. The van der Waals surface area contributed by atoms with Gasteiger partial charge in [-0.15, -0.1) is 0 Å². The molecule has 1 heterocycles. The number of rotatable bonds is 8. The van der Waals surface area contributed by atoms with Gasteiger partial charge in [0.15, 0.2) is 0 Å². The third-order valence-corrected chi connectivity index (χ3v) is 5.67. The molecular weight excluding hydrogens is 398 g/mol. The van der Waals surface area contributed by atoms with Gasteiger partial charge in [0, 0.05) is 26.3 Å². The van der Waals surface area contributed by atoms with Crippen LogP contribution in [0.5, 0.6) is 0 Å². The fourth-order valence-electron chi connectivity index (χ4n) is 2.82. The molecule has 1 aliphatic heterocycles. The van der Waals surface area contributed by atoms with Gasteiger partial charge in [0.2, 0.25) is 0 Å². The number of methoxy groups -OCH3 is 1. The molecule has 0 aromatic heterocycles. The van der Waals surface area contributed by atoms with Gasteiger partial charge in [-0.3, -0.25) is 0 Å². The molecular formula is C28H61NO3. The van der Waals surface area contributed by atoms with Crippen molar-refractivity contribution in [1.82, 2.24) is 4.90 Å². The summed E-state index contributed by atoms with van der Waals surface area (Å²) in [7, 11) is 1.71. The molecule has 3 atom stereocenters. The van der Waals surface area contributed by atoms with Crippen LogP contribution in [0.1, 0.15) is 134 Å². The van der Waals surface area contributed by atoms with E-state index in [9.17, 15) is 4.79 Å². The highest BCUT2D eigenvalue weighted by molar-refractivity contribution is 5.68. The second-order valence-corrected chi connectivity index (χ2v) is 10.2. The number of hydrogen-bond donors (Lipinski definition) is 0. The van der Waals surface area contributed by atoms with Crippen molar-refractivity contribution in [2.45, 2.75) is 146 Å². The summed E-state index contributed by atoms with van der Waals surface area (Å²) in [6, 6.07) is 0.310. The zero-order chi connectivity index (χ0) is 25.6. The standard InChI is InChI=1S/C11H21NO2.C9H20.C4H10O.C4H10/c1-8-6-7-12(9(8)2)10(13)14-11(3,4)5;1-4-6-7-8-9(3)5-2;1-3-4-5-2;1-3-4-2/h8-9H,6-7H2,1-5H3;9H,4-8H2,1-3H3;3-4H2,1-2H3;3-4H2,1-2H3. The van der Waals surface area contributed by atoms with Crippen molar-refractivity contribution < 1.29 is 14.3 Å². The van der Waals surface area contributed by atoms with Gasteiger partial charge < -0.3 is 14.4 Å². The van der Waals surface area contributed by atoms with Gasteiger partial charge in [-0.2, -0.15) is 0 Å². The first-order valence-electron chi connectivity index (χ1n) is 13.4. The van der Waals surface area contributed by atoms with Crippen molar-refractivity contribution in [2.24, 2.45) is 11.8 Å². The maximum atomic E-state index is 11.7. The van der Waals surface area contributed by atoms with Gasteiger partial charge in [0.05, 0.1) is 0 Å². The molecule has 0 radical (unpaired) electrons. The van der Waals surface area contributed by atoms with Crippen LogP contribution in [0, 0.1) is 11.8 Å². The second-order valence-electron chi connectivity index (χ2n) is 10.2. The van der Waals surface area contributed by atoms with Gasteiger partial charge >= 0.3 is 6.09 Å². The van der Waals surface area contributed by atoms with Gasteiger partial charge in [-0.1, -0.05) is 93.4 Å². The number of nitrogens with zero attached hydrogens (tertiary/aromatic N) is 1. The van der Waals surface area contributed by atoms with Gasteiger partial charge in [0.25, 0.3) is 0 Å². The van der Waals surface area contributed by atoms with Crippen LogP contribution in [0.25, 0.3) is 0 Å². The van der Waals surface area contributed by atoms with Gasteiger partial charge in [-0.25, -0.2) is 4.79 Å². The summed E-state index contributed by atoms with van der Waals surface area (Å²) >= 11 is 0. The molecule has 0 spiro atoms. The number of hydrogen-bond acceptors (Lipinski definition) is 3. The number of carbonyl (C=O) groups is 1. The fraction of sp³-hybridized carbons (Fsp3) is 0.964. The third kappa shape index (κ3) is 23.9. The van der Waals surface area contributed by atoms with Crippen LogP contribution >= 0.6 is 0 Å². The molecule has 1 rings (SSSR count). The molecule has 4 heteroatoms. The first-order valence-corrected chi connectivity index (χ1v) is 13.4. The van der Waals surface area contributed by atoms with E-state index in [1.54, 1.807) is 7.11 Å². The average molecular weight is 460 g/mol. The van der Waals surface area contributed by atoms with E-state index in [1.165, 1.54) is 44.9 Å². The minimum absolute atomic E-state index is 0.172. The zero-order valence-electron chi connectivity index (χ0n) is 24.2. The molecule has 1 aliphatic rings. The highest BCUT2D eigenvalue weighted by Gasteiger charge is 2.33. The fourth-order valence-corrected chi connectivity index (χ4v) is 2.82. The van der Waals surface area contributed by atoms with E-state index in [1.807, 2.05) is 25.7 Å². The van der Waals surface area contributed by atoms with Crippen LogP contribution in [0.3, 0.4) is 0 Å². The smallest absolute Gasteiger partial charge is 0.410 e. The van der Waals surface area contributed by atoms with Crippen LogP contribution in [0.15, 0.2) is 0 Å². The Bertz CT molecular complexity index is 389. The van der Waals surface area contributed by atoms with E-state index in [0.29, 0.717) is 12.0 Å². The van der Waals surface area contributed by atoms with Crippen LogP contribution < -0.4 is 0 Å². The maximum absolute atomic E-state index is 11.7. The second kappa shape index (κ2) is 23.4. The molecule has 0 bridgehead atoms. The first kappa shape index (κ1) is 35.8. The van der Waals surface area contributed by atoms with E-state index in [4.69, 9.17) is 9.47 Å².